The lowest BCUT2D eigenvalue weighted by atomic mass is 10.2. The molecule has 0 aliphatic carbocycles. The van der Waals surface area contributed by atoms with Gasteiger partial charge in [0.1, 0.15) is 0 Å². The minimum absolute atomic E-state index is 0.284. The normalized spacial score (nSPS) is 19.8. The van der Waals surface area contributed by atoms with Crippen LogP contribution in [-0.2, 0) is 14.3 Å². The predicted octanol–water partition coefficient (Wildman–Crippen LogP) is 0.379. The summed E-state index contributed by atoms with van der Waals surface area (Å²) in [7, 11) is 0. The van der Waals surface area contributed by atoms with Crippen molar-refractivity contribution in [3.05, 3.63) is 23.7 Å². The standard InChI is InChI=1S/C6H8O5.C6H4O5/c2*7-5(8)3-1-2-4(11-3)6(9)10/h3-4H,1-2H2,(H,7,8)(H,9,10);1-2H,(H,7,8)(H,9,10). The van der Waals surface area contributed by atoms with Crippen molar-refractivity contribution in [2.75, 3.05) is 0 Å². The minimum atomic E-state index is -1.28. The molecule has 2 atom stereocenters. The molecule has 10 nitrogen and oxygen atoms in total. The van der Waals surface area contributed by atoms with Crippen LogP contribution in [0.5, 0.6) is 0 Å². The first-order valence-electron chi connectivity index (χ1n) is 5.90. The fourth-order valence-electron chi connectivity index (χ4n) is 1.57. The summed E-state index contributed by atoms with van der Waals surface area (Å²) in [5.41, 5.74) is 0. The highest BCUT2D eigenvalue weighted by atomic mass is 16.5. The quantitative estimate of drug-likeness (QED) is 0.608. The van der Waals surface area contributed by atoms with Gasteiger partial charge in [0.05, 0.1) is 0 Å². The average molecular weight is 316 g/mol. The summed E-state index contributed by atoms with van der Waals surface area (Å²) in [6.45, 7) is 0. The second-order valence-corrected chi connectivity index (χ2v) is 4.14. The lowest BCUT2D eigenvalue weighted by Gasteiger charge is -2.04. The molecule has 2 unspecified atom stereocenters. The Kier molecular flexibility index (Phi) is 5.64. The van der Waals surface area contributed by atoms with Crippen molar-refractivity contribution in [2.24, 2.45) is 0 Å². The van der Waals surface area contributed by atoms with Crippen molar-refractivity contribution in [1.82, 2.24) is 0 Å². The third-order valence-corrected chi connectivity index (χ3v) is 2.60. The van der Waals surface area contributed by atoms with Gasteiger partial charge in [-0.1, -0.05) is 0 Å². The molecule has 1 aromatic heterocycles. The van der Waals surface area contributed by atoms with E-state index in [0.717, 1.165) is 12.1 Å². The Balaban J connectivity index is 0.000000220. The van der Waals surface area contributed by atoms with E-state index in [1.807, 2.05) is 0 Å². The highest BCUT2D eigenvalue weighted by Gasteiger charge is 2.34. The fourth-order valence-corrected chi connectivity index (χ4v) is 1.57. The molecule has 0 saturated carbocycles. The lowest BCUT2D eigenvalue weighted by molar-refractivity contribution is -0.157. The van der Waals surface area contributed by atoms with Crippen molar-refractivity contribution in [3.63, 3.8) is 0 Å². The number of carboxylic acid groups (broad SMARTS) is 4. The van der Waals surface area contributed by atoms with Gasteiger partial charge in [0.25, 0.3) is 0 Å². The Labute approximate surface area is 122 Å². The van der Waals surface area contributed by atoms with Gasteiger partial charge in [-0.2, -0.15) is 0 Å². The first kappa shape index (κ1) is 17.2. The van der Waals surface area contributed by atoms with E-state index < -0.39 is 36.1 Å². The van der Waals surface area contributed by atoms with Gasteiger partial charge in [-0.15, -0.1) is 0 Å². The van der Waals surface area contributed by atoms with Crippen molar-refractivity contribution in [3.8, 4) is 0 Å². The van der Waals surface area contributed by atoms with Gasteiger partial charge in [-0.05, 0) is 25.0 Å². The highest BCUT2D eigenvalue weighted by molar-refractivity contribution is 5.88. The molecule has 22 heavy (non-hydrogen) atoms. The number of rotatable bonds is 4. The van der Waals surface area contributed by atoms with Crippen LogP contribution in [0.1, 0.15) is 34.0 Å². The third-order valence-electron chi connectivity index (χ3n) is 2.60. The lowest BCUT2D eigenvalue weighted by Crippen LogP contribution is -2.24. The highest BCUT2D eigenvalue weighted by Crippen LogP contribution is 2.19. The predicted molar refractivity (Wildman–Crippen MR) is 65.8 cm³/mol. The molecule has 1 aliphatic heterocycles. The third kappa shape index (κ3) is 4.59. The zero-order valence-corrected chi connectivity index (χ0v) is 11.0. The van der Waals surface area contributed by atoms with Gasteiger partial charge < -0.3 is 29.6 Å². The van der Waals surface area contributed by atoms with Crippen LogP contribution in [0.15, 0.2) is 16.5 Å². The summed E-state index contributed by atoms with van der Waals surface area (Å²) in [5.74, 6) is -5.48. The number of furan rings is 1. The van der Waals surface area contributed by atoms with Crippen LogP contribution < -0.4 is 0 Å². The number of ether oxygens (including phenoxy) is 1. The van der Waals surface area contributed by atoms with E-state index in [0.29, 0.717) is 0 Å². The second kappa shape index (κ2) is 7.22. The molecule has 10 heteroatoms. The van der Waals surface area contributed by atoms with Crippen LogP contribution in [0.25, 0.3) is 0 Å². The van der Waals surface area contributed by atoms with Gasteiger partial charge in [0.2, 0.25) is 11.5 Å². The van der Waals surface area contributed by atoms with Crippen LogP contribution >= 0.6 is 0 Å². The van der Waals surface area contributed by atoms with Gasteiger partial charge in [0.15, 0.2) is 12.2 Å². The van der Waals surface area contributed by atoms with Crippen molar-refractivity contribution in [2.45, 2.75) is 25.0 Å². The van der Waals surface area contributed by atoms with Crippen LogP contribution in [0.2, 0.25) is 0 Å². The monoisotopic (exact) mass is 316 g/mol. The van der Waals surface area contributed by atoms with Gasteiger partial charge >= 0.3 is 23.9 Å². The Morgan fingerprint density at radius 2 is 1.18 bits per heavy atom. The molecule has 1 aliphatic rings. The van der Waals surface area contributed by atoms with Crippen LogP contribution in [0.3, 0.4) is 0 Å². The molecule has 4 N–H and O–H groups in total. The number of carbonyl (C=O) groups is 4. The summed E-state index contributed by atoms with van der Waals surface area (Å²) in [6, 6.07) is 2.18. The maximum atomic E-state index is 10.3. The Morgan fingerprint density at radius 3 is 1.36 bits per heavy atom. The van der Waals surface area contributed by atoms with Crippen LogP contribution in [0, 0.1) is 0 Å². The largest absolute Gasteiger partial charge is 0.479 e. The Bertz CT molecular complexity index is 538. The first-order valence-corrected chi connectivity index (χ1v) is 5.90. The Morgan fingerprint density at radius 1 is 0.818 bits per heavy atom. The summed E-state index contributed by atoms with van der Waals surface area (Å²) in [5, 5.41) is 33.4. The molecule has 0 spiro atoms. The van der Waals surface area contributed by atoms with Crippen LogP contribution in [-0.4, -0.2) is 56.5 Å². The summed E-state index contributed by atoms with van der Waals surface area (Å²) >= 11 is 0. The minimum Gasteiger partial charge on any atom is -0.479 e. The zero-order valence-electron chi connectivity index (χ0n) is 11.0. The molecule has 0 amide bonds. The topological polar surface area (TPSA) is 172 Å². The number of hydrogen-bond acceptors (Lipinski definition) is 6. The maximum Gasteiger partial charge on any atom is 0.371 e. The zero-order chi connectivity index (χ0) is 16.9. The molecule has 1 saturated heterocycles. The van der Waals surface area contributed by atoms with Gasteiger partial charge in [0, 0.05) is 0 Å². The van der Waals surface area contributed by atoms with Crippen molar-refractivity contribution < 1.29 is 48.8 Å². The van der Waals surface area contributed by atoms with Crippen LogP contribution in [0.4, 0.5) is 0 Å². The van der Waals surface area contributed by atoms with Gasteiger partial charge in [-0.3, -0.25) is 0 Å². The van der Waals surface area contributed by atoms with E-state index in [4.69, 9.17) is 20.4 Å². The molecular weight excluding hydrogens is 304 g/mol. The fraction of sp³-hybridized carbons (Fsp3) is 0.333. The smallest absolute Gasteiger partial charge is 0.371 e. The molecule has 0 aromatic carbocycles. The molecule has 120 valence electrons. The van der Waals surface area contributed by atoms with Crippen molar-refractivity contribution >= 4 is 23.9 Å². The summed E-state index contributed by atoms with van der Waals surface area (Å²) < 4.78 is 9.09. The molecule has 2 rings (SSSR count). The number of aromatic carboxylic acids is 2. The van der Waals surface area contributed by atoms with Crippen molar-refractivity contribution in [1.29, 1.82) is 0 Å². The molecule has 0 bridgehead atoms. The second-order valence-electron chi connectivity index (χ2n) is 4.14. The number of hydrogen-bond donors (Lipinski definition) is 4. The van der Waals surface area contributed by atoms with E-state index in [2.05, 4.69) is 9.15 Å². The molecule has 0 radical (unpaired) electrons. The SMILES string of the molecule is O=C(O)C1CCC(C(=O)O)O1.O=C(O)c1ccc(C(=O)O)o1. The molecule has 1 aromatic rings. The number of carboxylic acids is 4. The average Bonchev–Trinajstić information content (AvgIpc) is 3.09. The van der Waals surface area contributed by atoms with E-state index in [9.17, 15) is 19.2 Å². The molecule has 2 heterocycles. The van der Waals surface area contributed by atoms with E-state index in [1.54, 1.807) is 0 Å². The summed E-state index contributed by atoms with van der Waals surface area (Å²) in [4.78, 5) is 40.8. The van der Waals surface area contributed by atoms with Gasteiger partial charge in [-0.25, -0.2) is 19.2 Å². The van der Waals surface area contributed by atoms with E-state index in [1.165, 1.54) is 0 Å². The molecule has 1 fully saturated rings. The Hall–Kier alpha value is -2.88. The van der Waals surface area contributed by atoms with E-state index >= 15 is 0 Å². The summed E-state index contributed by atoms with van der Waals surface area (Å²) in [6.07, 6.45) is -1.30. The number of aliphatic carboxylic acids is 2. The maximum absolute atomic E-state index is 10.3. The molecular formula is C12H12O10. The van der Waals surface area contributed by atoms with E-state index in [-0.39, 0.29) is 24.4 Å². The first-order chi connectivity index (χ1) is 10.2.